The number of hydrogen-bond donors (Lipinski definition) is 1. The van der Waals surface area contributed by atoms with Crippen molar-refractivity contribution < 1.29 is 9.18 Å². The Bertz CT molecular complexity index is 1040. The van der Waals surface area contributed by atoms with E-state index in [2.05, 4.69) is 9.97 Å². The van der Waals surface area contributed by atoms with Gasteiger partial charge in [0.15, 0.2) is 5.78 Å². The zero-order valence-electron chi connectivity index (χ0n) is 15.8. The van der Waals surface area contributed by atoms with Crippen molar-refractivity contribution in [3.05, 3.63) is 69.7 Å². The Kier molecular flexibility index (Phi) is 6.04. The lowest BCUT2D eigenvalue weighted by atomic mass is 9.80. The lowest BCUT2D eigenvalue weighted by Gasteiger charge is -2.28. The van der Waals surface area contributed by atoms with Crippen molar-refractivity contribution in [1.82, 2.24) is 9.97 Å². The van der Waals surface area contributed by atoms with Crippen LogP contribution < -0.4 is 5.73 Å². The number of benzene rings is 1. The quantitative estimate of drug-likeness (QED) is 0.550. The first-order chi connectivity index (χ1) is 14.0. The average Bonchev–Trinajstić information content (AvgIpc) is 3.20. The van der Waals surface area contributed by atoms with Crippen LogP contribution in [0.25, 0.3) is 10.6 Å². The second-order valence-corrected chi connectivity index (χ2v) is 8.75. The molecule has 2 atom stereocenters. The molecule has 0 unspecified atom stereocenters. The number of Topliss-reactive ketones (excluding diaryl/α,β-unsaturated/α-hetero) is 1. The molecule has 2 aromatic heterocycles. The van der Waals surface area contributed by atoms with Gasteiger partial charge >= 0.3 is 0 Å². The normalized spacial score (nSPS) is 19.3. The van der Waals surface area contributed by atoms with Crippen LogP contribution in [0, 0.1) is 5.82 Å². The monoisotopic (exact) mass is 429 g/mol. The Labute approximate surface area is 178 Å². The lowest BCUT2D eigenvalue weighted by molar-refractivity contribution is 0.0988. The molecular weight excluding hydrogens is 409 g/mol. The Morgan fingerprint density at radius 1 is 1.31 bits per heavy atom. The van der Waals surface area contributed by atoms with Crippen molar-refractivity contribution in [2.24, 2.45) is 5.73 Å². The Morgan fingerprint density at radius 3 is 3.00 bits per heavy atom. The highest BCUT2D eigenvalue weighted by Gasteiger charge is 2.24. The van der Waals surface area contributed by atoms with E-state index < -0.39 is 5.82 Å². The second-order valence-electron chi connectivity index (χ2n) is 7.46. The van der Waals surface area contributed by atoms with Crippen LogP contribution in [0.2, 0.25) is 5.02 Å². The van der Waals surface area contributed by atoms with Crippen molar-refractivity contribution in [3.8, 4) is 10.6 Å². The van der Waals surface area contributed by atoms with Crippen LogP contribution in [0.5, 0.6) is 0 Å². The van der Waals surface area contributed by atoms with Gasteiger partial charge in [-0.3, -0.25) is 9.78 Å². The number of halogens is 2. The van der Waals surface area contributed by atoms with Crippen LogP contribution in [0.1, 0.15) is 53.2 Å². The number of aromatic nitrogens is 2. The predicted molar refractivity (Wildman–Crippen MR) is 114 cm³/mol. The molecule has 0 spiro atoms. The van der Waals surface area contributed by atoms with Crippen LogP contribution in [-0.4, -0.2) is 21.8 Å². The van der Waals surface area contributed by atoms with Crippen molar-refractivity contribution in [2.75, 3.05) is 0 Å². The molecule has 1 saturated carbocycles. The minimum absolute atomic E-state index is 0.107. The number of rotatable bonds is 5. The summed E-state index contributed by atoms with van der Waals surface area (Å²) in [6, 6.07) is 6.52. The third kappa shape index (κ3) is 4.55. The molecular formula is C22H21ClFN3OS. The summed E-state index contributed by atoms with van der Waals surface area (Å²) in [5.41, 5.74) is 8.86. The summed E-state index contributed by atoms with van der Waals surface area (Å²) >= 11 is 7.21. The maximum atomic E-state index is 14.1. The molecule has 0 radical (unpaired) electrons. The van der Waals surface area contributed by atoms with Gasteiger partial charge in [-0.2, -0.15) is 0 Å². The van der Waals surface area contributed by atoms with Gasteiger partial charge in [0.1, 0.15) is 16.5 Å². The van der Waals surface area contributed by atoms with Crippen LogP contribution in [0.15, 0.2) is 42.0 Å². The Morgan fingerprint density at radius 2 is 2.17 bits per heavy atom. The van der Waals surface area contributed by atoms with Gasteiger partial charge in [0.25, 0.3) is 0 Å². The van der Waals surface area contributed by atoms with Crippen molar-refractivity contribution >= 4 is 28.7 Å². The number of carbonyl (C=O) groups is 1. The maximum Gasteiger partial charge on any atom is 0.186 e. The molecule has 1 aromatic carbocycles. The third-order valence-corrected chi connectivity index (χ3v) is 6.51. The fraction of sp³-hybridized carbons (Fsp3) is 0.318. The minimum Gasteiger partial charge on any atom is -0.328 e. The Hall–Kier alpha value is -2.15. The molecule has 0 aliphatic heterocycles. The van der Waals surface area contributed by atoms with Gasteiger partial charge in [0.2, 0.25) is 0 Å². The van der Waals surface area contributed by atoms with Crippen LogP contribution in [-0.2, 0) is 6.42 Å². The summed E-state index contributed by atoms with van der Waals surface area (Å²) in [7, 11) is 0. The van der Waals surface area contributed by atoms with Crippen molar-refractivity contribution in [2.45, 2.75) is 44.1 Å². The first-order valence-electron chi connectivity index (χ1n) is 9.64. The summed E-state index contributed by atoms with van der Waals surface area (Å²) < 4.78 is 14.1. The molecule has 1 aliphatic rings. The van der Waals surface area contributed by atoms with Gasteiger partial charge in [-0.15, -0.1) is 11.3 Å². The maximum absolute atomic E-state index is 14.1. The van der Waals surface area contributed by atoms with E-state index in [1.54, 1.807) is 17.8 Å². The van der Waals surface area contributed by atoms with Gasteiger partial charge in [0.05, 0.1) is 0 Å². The highest BCUT2D eigenvalue weighted by atomic mass is 35.5. The van der Waals surface area contributed by atoms with Gasteiger partial charge in [0, 0.05) is 40.8 Å². The summed E-state index contributed by atoms with van der Waals surface area (Å²) in [6.07, 6.45) is 7.91. The fourth-order valence-corrected chi connectivity index (χ4v) is 4.96. The first-order valence-corrected chi connectivity index (χ1v) is 10.9. The van der Waals surface area contributed by atoms with E-state index in [1.807, 2.05) is 6.07 Å². The predicted octanol–water partition coefficient (Wildman–Crippen LogP) is 5.41. The molecule has 4 nitrogen and oxygen atoms in total. The summed E-state index contributed by atoms with van der Waals surface area (Å²) in [4.78, 5) is 21.5. The summed E-state index contributed by atoms with van der Waals surface area (Å²) in [6.45, 7) is 0. The highest BCUT2D eigenvalue weighted by Crippen LogP contribution is 2.34. The molecule has 7 heteroatoms. The van der Waals surface area contributed by atoms with E-state index in [4.69, 9.17) is 17.3 Å². The highest BCUT2D eigenvalue weighted by molar-refractivity contribution is 7.13. The van der Waals surface area contributed by atoms with Crippen LogP contribution >= 0.6 is 22.9 Å². The number of nitrogens with zero attached hydrogens (tertiary/aromatic N) is 2. The minimum atomic E-state index is -0.411. The van der Waals surface area contributed by atoms with Gasteiger partial charge < -0.3 is 5.73 Å². The SMILES string of the molecule is N[C@H]1CCC[C@@H](c2ccncc2CC(=O)c2csc(-c3cc(Cl)ccc3F)n2)C1. The largest absolute Gasteiger partial charge is 0.328 e. The molecule has 0 amide bonds. The van der Waals surface area contributed by atoms with Gasteiger partial charge in [-0.25, -0.2) is 9.37 Å². The topological polar surface area (TPSA) is 68.9 Å². The van der Waals surface area contributed by atoms with E-state index in [0.29, 0.717) is 27.2 Å². The molecule has 1 aliphatic carbocycles. The van der Waals surface area contributed by atoms with E-state index in [9.17, 15) is 9.18 Å². The number of ketones is 1. The van der Waals surface area contributed by atoms with E-state index in [1.165, 1.54) is 29.5 Å². The molecule has 0 bridgehead atoms. The van der Waals surface area contributed by atoms with E-state index >= 15 is 0 Å². The molecule has 3 aromatic rings. The molecule has 29 heavy (non-hydrogen) atoms. The third-order valence-electron chi connectivity index (χ3n) is 5.40. The van der Waals surface area contributed by atoms with Crippen LogP contribution in [0.4, 0.5) is 4.39 Å². The van der Waals surface area contributed by atoms with Crippen molar-refractivity contribution in [3.63, 3.8) is 0 Å². The molecule has 2 N–H and O–H groups in total. The Balaban J connectivity index is 1.55. The lowest BCUT2D eigenvalue weighted by Crippen LogP contribution is -2.27. The standard InChI is InChI=1S/C22H21ClFN3OS/c23-15-4-5-19(24)18(10-15)22-27-20(12-29-22)21(28)9-14-11-26-7-6-17(14)13-2-1-3-16(25)8-13/h4-7,10-13,16H,1-3,8-9,25H2/t13-,16+/m1/s1. The first kappa shape index (κ1) is 20.1. The fourth-order valence-electron chi connectivity index (χ4n) is 3.94. The van der Waals surface area contributed by atoms with Crippen LogP contribution in [0.3, 0.4) is 0 Å². The van der Waals surface area contributed by atoms with Gasteiger partial charge in [-0.05, 0) is 60.6 Å². The molecule has 0 saturated heterocycles. The zero-order valence-corrected chi connectivity index (χ0v) is 17.3. The number of carbonyl (C=O) groups excluding carboxylic acids is 1. The zero-order chi connectivity index (χ0) is 20.4. The summed E-state index contributed by atoms with van der Waals surface area (Å²) in [5.74, 6) is -0.161. The molecule has 150 valence electrons. The summed E-state index contributed by atoms with van der Waals surface area (Å²) in [5, 5.41) is 2.54. The average molecular weight is 430 g/mol. The van der Waals surface area contributed by atoms with E-state index in [0.717, 1.165) is 36.8 Å². The number of hydrogen-bond acceptors (Lipinski definition) is 5. The van der Waals surface area contributed by atoms with Crippen molar-refractivity contribution in [1.29, 1.82) is 0 Å². The number of pyridine rings is 1. The van der Waals surface area contributed by atoms with Gasteiger partial charge in [-0.1, -0.05) is 18.0 Å². The molecule has 4 rings (SSSR count). The molecule has 1 fully saturated rings. The van der Waals surface area contributed by atoms with E-state index in [-0.39, 0.29) is 18.2 Å². The number of thiazole rings is 1. The smallest absolute Gasteiger partial charge is 0.186 e. The number of nitrogens with two attached hydrogens (primary N) is 1. The second kappa shape index (κ2) is 8.69. The molecule has 2 heterocycles.